The number of ketones is 1. The summed E-state index contributed by atoms with van der Waals surface area (Å²) >= 11 is 6.46. The van der Waals surface area contributed by atoms with Gasteiger partial charge in [0.25, 0.3) is 5.91 Å². The first-order valence-corrected chi connectivity index (χ1v) is 14.0. The fourth-order valence-corrected chi connectivity index (χ4v) is 5.86. The number of anilines is 2. The van der Waals surface area contributed by atoms with Crippen molar-refractivity contribution in [3.05, 3.63) is 46.7 Å². The van der Waals surface area contributed by atoms with Crippen LogP contribution in [0.1, 0.15) is 75.9 Å². The zero-order valence-electron chi connectivity index (χ0n) is 22.5. The highest BCUT2D eigenvalue weighted by Gasteiger charge is 2.33. The summed E-state index contributed by atoms with van der Waals surface area (Å²) in [6, 6.07) is 7.73. The molecule has 1 aliphatic carbocycles. The maximum Gasteiger partial charge on any atom is 0.253 e. The van der Waals surface area contributed by atoms with Crippen molar-refractivity contribution in [2.45, 2.75) is 72.3 Å². The summed E-state index contributed by atoms with van der Waals surface area (Å²) in [5.74, 6) is 1.64. The number of nitrogens with one attached hydrogen (secondary N) is 1. The monoisotopic (exact) mass is 541 g/mol. The predicted octanol–water partition coefficient (Wildman–Crippen LogP) is 6.25. The van der Waals surface area contributed by atoms with E-state index in [9.17, 15) is 9.59 Å². The molecule has 1 N–H and O–H groups in total. The Bertz CT molecular complexity index is 1080. The van der Waals surface area contributed by atoms with Gasteiger partial charge in [-0.3, -0.25) is 9.59 Å². The summed E-state index contributed by atoms with van der Waals surface area (Å²) < 4.78 is 0. The third-order valence-corrected chi connectivity index (χ3v) is 8.21. The van der Waals surface area contributed by atoms with Crippen LogP contribution in [0.25, 0.3) is 0 Å². The Morgan fingerprint density at radius 1 is 1.13 bits per heavy atom. The molecule has 2 fully saturated rings. The maximum absolute atomic E-state index is 13.0. The second-order valence-corrected chi connectivity index (χ2v) is 11.6. The van der Waals surface area contributed by atoms with Crippen molar-refractivity contribution >= 4 is 34.9 Å². The van der Waals surface area contributed by atoms with Crippen LogP contribution in [-0.4, -0.2) is 64.7 Å². The molecule has 0 bridgehead atoms. The van der Waals surface area contributed by atoms with Crippen LogP contribution in [0.5, 0.6) is 0 Å². The van der Waals surface area contributed by atoms with E-state index in [1.165, 1.54) is 0 Å². The van der Waals surface area contributed by atoms with E-state index in [1.807, 2.05) is 36.2 Å². The maximum atomic E-state index is 13.0. The van der Waals surface area contributed by atoms with Gasteiger partial charge in [-0.15, -0.1) is 0 Å². The second kappa shape index (κ2) is 13.5. The van der Waals surface area contributed by atoms with Crippen molar-refractivity contribution in [1.82, 2.24) is 19.8 Å². The lowest BCUT2D eigenvalue weighted by molar-refractivity contribution is -0.124. The number of benzene rings is 1. The van der Waals surface area contributed by atoms with E-state index in [0.717, 1.165) is 56.6 Å². The standard InChI is InChI=1S/C29H40ClN5O2.CH4/c1-19(2)16-27(36)24-7-5-6-21(24)17-26-25(30)18-31-29(33-26)32-22-10-8-20(9-11-22)28(37)35(4)23-12-14-34(3)15-13-23;/h8-11,18-19,21,23-24H,5-7,12-17H2,1-4H3,(H,31,32,33);1H4/t21-,24-;/m0./s1. The lowest BCUT2D eigenvalue weighted by Gasteiger charge is -2.35. The quantitative estimate of drug-likeness (QED) is 0.404. The molecule has 1 saturated heterocycles. The molecule has 1 amide bonds. The van der Waals surface area contributed by atoms with Crippen LogP contribution in [0, 0.1) is 17.8 Å². The predicted molar refractivity (Wildman–Crippen MR) is 155 cm³/mol. The van der Waals surface area contributed by atoms with Gasteiger partial charge in [0.2, 0.25) is 5.95 Å². The Hall–Kier alpha value is -2.51. The molecule has 7 nitrogen and oxygen atoms in total. The van der Waals surface area contributed by atoms with E-state index in [4.69, 9.17) is 16.6 Å². The Morgan fingerprint density at radius 3 is 2.47 bits per heavy atom. The zero-order valence-corrected chi connectivity index (χ0v) is 23.3. The molecule has 1 aliphatic heterocycles. The number of amides is 1. The molecule has 8 heteroatoms. The Balaban J connectivity index is 0.00000400. The van der Waals surface area contributed by atoms with Crippen molar-refractivity contribution in [2.24, 2.45) is 17.8 Å². The zero-order chi connectivity index (χ0) is 26.5. The number of halogens is 1. The molecule has 208 valence electrons. The molecule has 1 saturated carbocycles. The van der Waals surface area contributed by atoms with Gasteiger partial charge in [0.15, 0.2) is 0 Å². The molecule has 0 spiro atoms. The molecule has 2 aromatic rings. The van der Waals surface area contributed by atoms with Crippen molar-refractivity contribution in [1.29, 1.82) is 0 Å². The molecule has 1 aromatic carbocycles. The first-order chi connectivity index (χ1) is 17.7. The summed E-state index contributed by atoms with van der Waals surface area (Å²) in [7, 11) is 4.02. The first-order valence-electron chi connectivity index (χ1n) is 13.6. The van der Waals surface area contributed by atoms with Crippen LogP contribution in [0.3, 0.4) is 0 Å². The van der Waals surface area contributed by atoms with E-state index in [-0.39, 0.29) is 31.2 Å². The minimum atomic E-state index is 0. The summed E-state index contributed by atoms with van der Waals surface area (Å²) in [6.07, 6.45) is 8.01. The smallest absolute Gasteiger partial charge is 0.253 e. The number of rotatable bonds is 9. The Labute approximate surface area is 233 Å². The summed E-state index contributed by atoms with van der Waals surface area (Å²) in [6.45, 7) is 6.22. The van der Waals surface area contributed by atoms with Crippen LogP contribution in [-0.2, 0) is 11.2 Å². The van der Waals surface area contributed by atoms with E-state index in [2.05, 4.69) is 36.1 Å². The molecule has 2 heterocycles. The minimum absolute atomic E-state index is 0. The van der Waals surface area contributed by atoms with E-state index in [0.29, 0.717) is 41.1 Å². The first kappa shape index (κ1) is 30.0. The fraction of sp³-hybridized carbons (Fsp3) is 0.600. The Kier molecular flexibility index (Phi) is 10.7. The molecule has 0 unspecified atom stereocenters. The van der Waals surface area contributed by atoms with Crippen LogP contribution in [0.15, 0.2) is 30.5 Å². The van der Waals surface area contributed by atoms with Gasteiger partial charge >= 0.3 is 0 Å². The highest BCUT2D eigenvalue weighted by atomic mass is 35.5. The normalized spacial score (nSPS) is 20.3. The number of hydrogen-bond acceptors (Lipinski definition) is 6. The molecule has 2 aliphatic rings. The highest BCUT2D eigenvalue weighted by Crippen LogP contribution is 2.37. The average molecular weight is 542 g/mol. The largest absolute Gasteiger partial charge is 0.339 e. The SMILES string of the molecule is C.CC(C)CC(=O)[C@H]1CCC[C@H]1Cc1nc(Nc2ccc(C(=O)N(C)C3CCN(C)CC3)cc2)ncc1Cl. The van der Waals surface area contributed by atoms with Gasteiger partial charge in [0, 0.05) is 36.7 Å². The van der Waals surface area contributed by atoms with Gasteiger partial charge in [-0.05, 0) is 88.3 Å². The van der Waals surface area contributed by atoms with E-state index in [1.54, 1.807) is 6.20 Å². The van der Waals surface area contributed by atoms with Gasteiger partial charge in [0.05, 0.1) is 16.9 Å². The van der Waals surface area contributed by atoms with Crippen molar-refractivity contribution in [3.8, 4) is 0 Å². The average Bonchev–Trinajstić information content (AvgIpc) is 3.34. The van der Waals surface area contributed by atoms with Gasteiger partial charge in [0.1, 0.15) is 5.78 Å². The van der Waals surface area contributed by atoms with Crippen molar-refractivity contribution < 1.29 is 9.59 Å². The number of likely N-dealkylation sites (tertiary alicyclic amines) is 1. The van der Waals surface area contributed by atoms with Crippen LogP contribution < -0.4 is 5.32 Å². The van der Waals surface area contributed by atoms with Gasteiger partial charge in [-0.25, -0.2) is 9.97 Å². The molecule has 2 atom stereocenters. The van der Waals surface area contributed by atoms with E-state index >= 15 is 0 Å². The number of carbonyl (C=O) groups is 2. The molecular weight excluding hydrogens is 498 g/mol. The molecule has 1 aromatic heterocycles. The highest BCUT2D eigenvalue weighted by molar-refractivity contribution is 6.31. The minimum Gasteiger partial charge on any atom is -0.339 e. The van der Waals surface area contributed by atoms with Crippen LogP contribution in [0.2, 0.25) is 5.02 Å². The lowest BCUT2D eigenvalue weighted by Crippen LogP contribution is -2.44. The van der Waals surface area contributed by atoms with Gasteiger partial charge in [-0.1, -0.05) is 39.3 Å². The molecular formula is C30H44ClN5O2. The number of hydrogen-bond donors (Lipinski definition) is 1. The van der Waals surface area contributed by atoms with Gasteiger partial charge in [-0.2, -0.15) is 0 Å². The molecule has 0 radical (unpaired) electrons. The number of piperidine rings is 1. The summed E-state index contributed by atoms with van der Waals surface area (Å²) in [4.78, 5) is 39.0. The van der Waals surface area contributed by atoms with Crippen molar-refractivity contribution in [3.63, 3.8) is 0 Å². The van der Waals surface area contributed by atoms with Crippen LogP contribution >= 0.6 is 11.6 Å². The topological polar surface area (TPSA) is 78.4 Å². The van der Waals surface area contributed by atoms with Crippen LogP contribution in [0.4, 0.5) is 11.6 Å². The second-order valence-electron chi connectivity index (χ2n) is 11.2. The number of Topliss-reactive ketones (excluding diaryl/α,β-unsaturated/α-hetero) is 1. The number of aromatic nitrogens is 2. The number of nitrogens with zero attached hydrogens (tertiary/aromatic N) is 4. The van der Waals surface area contributed by atoms with Crippen molar-refractivity contribution in [2.75, 3.05) is 32.5 Å². The lowest BCUT2D eigenvalue weighted by atomic mass is 9.85. The third kappa shape index (κ3) is 7.54. The Morgan fingerprint density at radius 2 is 1.82 bits per heavy atom. The van der Waals surface area contributed by atoms with Gasteiger partial charge < -0.3 is 15.1 Å². The molecule has 4 rings (SSSR count). The third-order valence-electron chi connectivity index (χ3n) is 7.90. The summed E-state index contributed by atoms with van der Waals surface area (Å²) in [5, 5.41) is 3.77. The number of carbonyl (C=O) groups excluding carboxylic acids is 2. The van der Waals surface area contributed by atoms with E-state index < -0.39 is 0 Å². The molecule has 38 heavy (non-hydrogen) atoms. The fourth-order valence-electron chi connectivity index (χ4n) is 5.69. The summed E-state index contributed by atoms with van der Waals surface area (Å²) in [5.41, 5.74) is 2.25.